The molecule has 6 nitrogen and oxygen atoms in total. The quantitative estimate of drug-likeness (QED) is 0.456. The lowest BCUT2D eigenvalue weighted by molar-refractivity contribution is -0.118. The molecule has 0 fully saturated rings. The van der Waals surface area contributed by atoms with E-state index in [9.17, 15) is 4.79 Å². The number of nitrogens with one attached hydrogen (secondary N) is 1. The largest absolute Gasteiger partial charge is 0.480 e. The second kappa shape index (κ2) is 10.2. The molecule has 0 unspecified atom stereocenters. The van der Waals surface area contributed by atoms with Gasteiger partial charge >= 0.3 is 0 Å². The fraction of sp³-hybridized carbons (Fsp3) is 0.435. The average molecular weight is 396 g/mol. The van der Waals surface area contributed by atoms with Crippen LogP contribution in [-0.4, -0.2) is 29.9 Å². The van der Waals surface area contributed by atoms with Crippen molar-refractivity contribution in [3.05, 3.63) is 42.4 Å². The Morgan fingerprint density at radius 1 is 1.24 bits per heavy atom. The third-order valence-electron chi connectivity index (χ3n) is 5.16. The second-order valence-electron chi connectivity index (χ2n) is 7.13. The van der Waals surface area contributed by atoms with Crippen molar-refractivity contribution in [2.24, 2.45) is 0 Å². The van der Waals surface area contributed by atoms with Crippen molar-refractivity contribution in [1.82, 2.24) is 15.3 Å². The Morgan fingerprint density at radius 2 is 2.07 bits per heavy atom. The minimum Gasteiger partial charge on any atom is -0.480 e. The van der Waals surface area contributed by atoms with Gasteiger partial charge < -0.3 is 14.5 Å². The Morgan fingerprint density at radius 3 is 2.83 bits per heavy atom. The van der Waals surface area contributed by atoms with Crippen LogP contribution in [0, 0.1) is 0 Å². The monoisotopic (exact) mass is 395 g/mol. The molecule has 6 heteroatoms. The van der Waals surface area contributed by atoms with Crippen molar-refractivity contribution in [3.63, 3.8) is 0 Å². The Hall–Kier alpha value is -2.73. The first-order valence-electron chi connectivity index (χ1n) is 10.2. The van der Waals surface area contributed by atoms with Gasteiger partial charge in [0, 0.05) is 18.2 Å². The predicted molar refractivity (Wildman–Crippen MR) is 114 cm³/mol. The zero-order valence-electron chi connectivity index (χ0n) is 17.4. The average Bonchev–Trinajstić information content (AvgIpc) is 3.24. The van der Waals surface area contributed by atoms with Gasteiger partial charge in [0.1, 0.15) is 5.78 Å². The molecule has 0 spiro atoms. The number of methoxy groups -OCH3 is 1. The van der Waals surface area contributed by atoms with Crippen LogP contribution in [0.5, 0.6) is 5.88 Å². The smallest absolute Gasteiger partial charge is 0.224 e. The number of carbonyl (C=O) groups is 1. The van der Waals surface area contributed by atoms with Crippen LogP contribution in [0.1, 0.15) is 57.4 Å². The summed E-state index contributed by atoms with van der Waals surface area (Å²) in [5, 5.41) is 4.30. The van der Waals surface area contributed by atoms with Crippen molar-refractivity contribution < 1.29 is 13.9 Å². The first-order chi connectivity index (χ1) is 14.2. The minimum absolute atomic E-state index is 0.0324. The molecule has 1 N–H and O–H groups in total. The number of hydrogen-bond donors (Lipinski definition) is 1. The number of nitrogens with zero attached hydrogens (tertiary/aromatic N) is 2. The molecule has 0 aliphatic rings. The van der Waals surface area contributed by atoms with Gasteiger partial charge in [-0.25, -0.2) is 9.97 Å². The lowest BCUT2D eigenvalue weighted by Gasteiger charge is -2.12. The fourth-order valence-electron chi connectivity index (χ4n) is 3.42. The molecule has 1 aromatic carbocycles. The SMILES string of the molecule is CCC(=O)CCCCC[C@H](NC)c1ncc(-c2cc3ccccc3nc2OC)o1. The standard InChI is InChI=1S/C23H29N3O3/c1-4-17(27)11-6-5-7-13-20(24-2)23-25-15-21(29-23)18-14-16-10-8-9-12-19(16)26-22(18)28-3/h8-10,12,14-15,20,24H,4-7,11,13H2,1-3H3/t20-/m0/s1. The van der Waals surface area contributed by atoms with Gasteiger partial charge in [-0.05, 0) is 32.0 Å². The Labute approximate surface area is 171 Å². The van der Waals surface area contributed by atoms with Crippen LogP contribution < -0.4 is 10.1 Å². The molecule has 3 rings (SSSR count). The molecule has 0 aliphatic heterocycles. The lowest BCUT2D eigenvalue weighted by atomic mass is 10.1. The first-order valence-corrected chi connectivity index (χ1v) is 10.2. The summed E-state index contributed by atoms with van der Waals surface area (Å²) >= 11 is 0. The third kappa shape index (κ3) is 5.21. The molecule has 0 bridgehead atoms. The number of aromatic nitrogens is 2. The molecule has 2 aromatic heterocycles. The summed E-state index contributed by atoms with van der Waals surface area (Å²) in [5.41, 5.74) is 1.67. The molecule has 1 atom stereocenters. The van der Waals surface area contributed by atoms with Gasteiger partial charge in [-0.3, -0.25) is 4.79 Å². The molecule has 29 heavy (non-hydrogen) atoms. The lowest BCUT2D eigenvalue weighted by Crippen LogP contribution is -2.16. The number of para-hydroxylation sites is 1. The van der Waals surface area contributed by atoms with Crippen LogP contribution in [0.3, 0.4) is 0 Å². The van der Waals surface area contributed by atoms with Crippen LogP contribution in [0.2, 0.25) is 0 Å². The highest BCUT2D eigenvalue weighted by Crippen LogP contribution is 2.33. The Bertz CT molecular complexity index is 951. The highest BCUT2D eigenvalue weighted by atomic mass is 16.5. The molecular formula is C23H29N3O3. The normalized spacial score (nSPS) is 12.2. The number of oxazole rings is 1. The Kier molecular flexibility index (Phi) is 7.36. The van der Waals surface area contributed by atoms with Crippen molar-refractivity contribution in [3.8, 4) is 17.2 Å². The van der Waals surface area contributed by atoms with E-state index in [1.165, 1.54) is 0 Å². The summed E-state index contributed by atoms with van der Waals surface area (Å²) in [7, 11) is 3.52. The maximum Gasteiger partial charge on any atom is 0.224 e. The number of ketones is 1. The summed E-state index contributed by atoms with van der Waals surface area (Å²) in [6.45, 7) is 1.92. The van der Waals surface area contributed by atoms with Crippen LogP contribution in [0.4, 0.5) is 0 Å². The highest BCUT2D eigenvalue weighted by molar-refractivity contribution is 5.85. The maximum atomic E-state index is 11.4. The summed E-state index contributed by atoms with van der Waals surface area (Å²) in [5.74, 6) is 2.16. The summed E-state index contributed by atoms with van der Waals surface area (Å²) in [6.07, 6.45) is 6.93. The number of fused-ring (bicyclic) bond motifs is 1. The highest BCUT2D eigenvalue weighted by Gasteiger charge is 2.19. The summed E-state index contributed by atoms with van der Waals surface area (Å²) in [6, 6.07) is 9.96. The molecule has 0 radical (unpaired) electrons. The van der Waals surface area contributed by atoms with Gasteiger partial charge in [0.2, 0.25) is 11.8 Å². The number of Topliss-reactive ketones (excluding diaryl/α,β-unsaturated/α-hetero) is 1. The zero-order chi connectivity index (χ0) is 20.6. The number of unbranched alkanes of at least 4 members (excludes halogenated alkanes) is 2. The summed E-state index contributed by atoms with van der Waals surface area (Å²) < 4.78 is 11.6. The van der Waals surface area contributed by atoms with Gasteiger partial charge in [0.15, 0.2) is 5.76 Å². The van der Waals surface area contributed by atoms with Gasteiger partial charge in [-0.2, -0.15) is 0 Å². The molecular weight excluding hydrogens is 366 g/mol. The Balaban J connectivity index is 1.70. The molecule has 0 aliphatic carbocycles. The number of hydrogen-bond acceptors (Lipinski definition) is 6. The third-order valence-corrected chi connectivity index (χ3v) is 5.16. The van der Waals surface area contributed by atoms with Crippen LogP contribution in [0.15, 0.2) is 40.9 Å². The van der Waals surface area contributed by atoms with Crippen molar-refractivity contribution in [2.45, 2.75) is 51.5 Å². The molecule has 2 heterocycles. The van der Waals surface area contributed by atoms with E-state index in [-0.39, 0.29) is 6.04 Å². The first kappa shape index (κ1) is 21.0. The molecule has 0 saturated heterocycles. The van der Waals surface area contributed by atoms with Crippen molar-refractivity contribution >= 4 is 16.7 Å². The summed E-state index contributed by atoms with van der Waals surface area (Å²) in [4.78, 5) is 20.5. The maximum absolute atomic E-state index is 11.4. The van der Waals surface area contributed by atoms with Gasteiger partial charge in [-0.1, -0.05) is 38.0 Å². The van der Waals surface area contributed by atoms with Gasteiger partial charge in [0.25, 0.3) is 0 Å². The zero-order valence-corrected chi connectivity index (χ0v) is 17.4. The van der Waals surface area contributed by atoms with Crippen molar-refractivity contribution in [2.75, 3.05) is 14.2 Å². The second-order valence-corrected chi connectivity index (χ2v) is 7.13. The van der Waals surface area contributed by atoms with E-state index in [0.717, 1.165) is 42.1 Å². The van der Waals surface area contributed by atoms with E-state index in [1.54, 1.807) is 13.3 Å². The van der Waals surface area contributed by atoms with E-state index < -0.39 is 0 Å². The van der Waals surface area contributed by atoms with Crippen LogP contribution in [-0.2, 0) is 4.79 Å². The van der Waals surface area contributed by atoms with E-state index in [4.69, 9.17) is 9.15 Å². The molecule has 0 saturated carbocycles. The minimum atomic E-state index is 0.0324. The molecule has 154 valence electrons. The van der Waals surface area contributed by atoms with Crippen molar-refractivity contribution in [1.29, 1.82) is 0 Å². The van der Waals surface area contributed by atoms with E-state index in [1.807, 2.05) is 44.3 Å². The number of carbonyl (C=O) groups excluding carboxylic acids is 1. The van der Waals surface area contributed by atoms with Crippen LogP contribution >= 0.6 is 0 Å². The van der Waals surface area contributed by atoms with Gasteiger partial charge in [-0.15, -0.1) is 0 Å². The van der Waals surface area contributed by atoms with Gasteiger partial charge in [0.05, 0.1) is 30.4 Å². The molecule has 3 aromatic rings. The molecule has 0 amide bonds. The van der Waals surface area contributed by atoms with E-state index >= 15 is 0 Å². The number of benzene rings is 1. The van der Waals surface area contributed by atoms with Crippen LogP contribution in [0.25, 0.3) is 22.2 Å². The van der Waals surface area contributed by atoms with E-state index in [2.05, 4.69) is 15.3 Å². The number of ether oxygens (including phenoxy) is 1. The number of pyridine rings is 1. The van der Waals surface area contributed by atoms with E-state index in [0.29, 0.717) is 36.2 Å². The fourth-order valence-corrected chi connectivity index (χ4v) is 3.42. The number of rotatable bonds is 11. The topological polar surface area (TPSA) is 77.2 Å². The predicted octanol–water partition coefficient (Wildman–Crippen LogP) is 5.09.